The summed E-state index contributed by atoms with van der Waals surface area (Å²) in [5.41, 5.74) is 5.87. The van der Waals surface area contributed by atoms with Crippen LogP contribution in [-0.2, 0) is 4.74 Å². The first kappa shape index (κ1) is 10.0. The van der Waals surface area contributed by atoms with Crippen molar-refractivity contribution in [1.29, 1.82) is 0 Å². The third kappa shape index (κ3) is 3.11. The van der Waals surface area contributed by atoms with Gasteiger partial charge in [-0.05, 0) is 25.7 Å². The van der Waals surface area contributed by atoms with Gasteiger partial charge in [0, 0.05) is 12.6 Å². The van der Waals surface area contributed by atoms with Gasteiger partial charge in [0.2, 0.25) is 0 Å². The van der Waals surface area contributed by atoms with Crippen molar-refractivity contribution in [2.24, 2.45) is 5.73 Å². The number of unbranched alkanes of at least 4 members (excludes halogenated alkanes) is 2. The van der Waals surface area contributed by atoms with Gasteiger partial charge in [-0.2, -0.15) is 0 Å². The lowest BCUT2D eigenvalue weighted by atomic mass is 10.2. The van der Waals surface area contributed by atoms with Crippen molar-refractivity contribution in [3.05, 3.63) is 0 Å². The SMILES string of the molecule is CCCCCOC1CCCC1N. The molecule has 0 bridgehead atoms. The van der Waals surface area contributed by atoms with E-state index >= 15 is 0 Å². The van der Waals surface area contributed by atoms with Gasteiger partial charge in [0.05, 0.1) is 6.10 Å². The minimum atomic E-state index is 0.312. The van der Waals surface area contributed by atoms with Gasteiger partial charge in [0.15, 0.2) is 0 Å². The topological polar surface area (TPSA) is 35.2 Å². The highest BCUT2D eigenvalue weighted by Gasteiger charge is 2.23. The maximum Gasteiger partial charge on any atom is 0.0725 e. The average Bonchev–Trinajstić information content (AvgIpc) is 2.46. The lowest BCUT2D eigenvalue weighted by Gasteiger charge is -2.15. The van der Waals surface area contributed by atoms with E-state index < -0.39 is 0 Å². The molecule has 0 aliphatic heterocycles. The summed E-state index contributed by atoms with van der Waals surface area (Å²) in [5.74, 6) is 0. The molecule has 0 aromatic rings. The fourth-order valence-electron chi connectivity index (χ4n) is 1.75. The minimum absolute atomic E-state index is 0.312. The van der Waals surface area contributed by atoms with Gasteiger partial charge in [-0.3, -0.25) is 0 Å². The van der Waals surface area contributed by atoms with Crippen LogP contribution in [-0.4, -0.2) is 18.8 Å². The molecule has 1 rings (SSSR count). The second kappa shape index (κ2) is 5.55. The summed E-state index contributed by atoms with van der Waals surface area (Å²) in [7, 11) is 0. The average molecular weight is 171 g/mol. The molecular weight excluding hydrogens is 150 g/mol. The zero-order valence-electron chi connectivity index (χ0n) is 8.09. The predicted octanol–water partition coefficient (Wildman–Crippen LogP) is 2.07. The zero-order chi connectivity index (χ0) is 8.81. The van der Waals surface area contributed by atoms with Crippen LogP contribution in [0.1, 0.15) is 45.4 Å². The Morgan fingerprint density at radius 1 is 1.33 bits per heavy atom. The van der Waals surface area contributed by atoms with E-state index in [4.69, 9.17) is 10.5 Å². The van der Waals surface area contributed by atoms with E-state index in [1.54, 1.807) is 0 Å². The minimum Gasteiger partial charge on any atom is -0.377 e. The fraction of sp³-hybridized carbons (Fsp3) is 1.00. The molecule has 0 spiro atoms. The first-order valence-corrected chi connectivity index (χ1v) is 5.21. The highest BCUT2D eigenvalue weighted by Crippen LogP contribution is 2.20. The summed E-state index contributed by atoms with van der Waals surface area (Å²) < 4.78 is 5.69. The maximum absolute atomic E-state index is 5.87. The summed E-state index contributed by atoms with van der Waals surface area (Å²) in [5, 5.41) is 0. The van der Waals surface area contributed by atoms with Gasteiger partial charge in [-0.1, -0.05) is 19.8 Å². The van der Waals surface area contributed by atoms with Crippen LogP contribution in [0, 0.1) is 0 Å². The molecule has 1 saturated carbocycles. The number of rotatable bonds is 5. The van der Waals surface area contributed by atoms with Crippen molar-refractivity contribution in [1.82, 2.24) is 0 Å². The fourth-order valence-corrected chi connectivity index (χ4v) is 1.75. The Bertz CT molecular complexity index is 116. The van der Waals surface area contributed by atoms with Crippen LogP contribution in [0.2, 0.25) is 0 Å². The standard InChI is InChI=1S/C10H21NO/c1-2-3-4-8-12-10-7-5-6-9(10)11/h9-10H,2-8,11H2,1H3. The largest absolute Gasteiger partial charge is 0.377 e. The molecule has 2 heteroatoms. The quantitative estimate of drug-likeness (QED) is 0.643. The van der Waals surface area contributed by atoms with Crippen LogP contribution in [0.4, 0.5) is 0 Å². The van der Waals surface area contributed by atoms with E-state index in [1.807, 2.05) is 0 Å². The zero-order valence-corrected chi connectivity index (χ0v) is 8.09. The van der Waals surface area contributed by atoms with Crippen LogP contribution in [0.25, 0.3) is 0 Å². The summed E-state index contributed by atoms with van der Waals surface area (Å²) in [6, 6.07) is 0.312. The molecule has 72 valence electrons. The molecule has 0 aromatic carbocycles. The normalized spacial score (nSPS) is 29.5. The Kier molecular flexibility index (Phi) is 4.62. The molecule has 2 nitrogen and oxygen atoms in total. The smallest absolute Gasteiger partial charge is 0.0725 e. The molecular formula is C10H21NO. The van der Waals surface area contributed by atoms with Gasteiger partial charge in [0.25, 0.3) is 0 Å². The number of hydrogen-bond acceptors (Lipinski definition) is 2. The molecule has 0 amide bonds. The molecule has 1 fully saturated rings. The second-order valence-corrected chi connectivity index (χ2v) is 3.71. The first-order valence-electron chi connectivity index (χ1n) is 5.21. The van der Waals surface area contributed by atoms with Gasteiger partial charge >= 0.3 is 0 Å². The molecule has 2 unspecified atom stereocenters. The Labute approximate surface area is 75.5 Å². The van der Waals surface area contributed by atoms with Crippen molar-refractivity contribution in [3.8, 4) is 0 Å². The maximum atomic E-state index is 5.87. The third-order valence-corrected chi connectivity index (χ3v) is 2.58. The van der Waals surface area contributed by atoms with E-state index in [0.717, 1.165) is 13.0 Å². The van der Waals surface area contributed by atoms with E-state index in [0.29, 0.717) is 12.1 Å². The lowest BCUT2D eigenvalue weighted by molar-refractivity contribution is 0.0457. The van der Waals surface area contributed by atoms with Crippen molar-refractivity contribution >= 4 is 0 Å². The summed E-state index contributed by atoms with van der Waals surface area (Å²) in [6.45, 7) is 3.12. The van der Waals surface area contributed by atoms with Crippen molar-refractivity contribution < 1.29 is 4.74 Å². The van der Waals surface area contributed by atoms with Crippen molar-refractivity contribution in [3.63, 3.8) is 0 Å². The predicted molar refractivity (Wildman–Crippen MR) is 51.1 cm³/mol. The molecule has 1 aliphatic rings. The van der Waals surface area contributed by atoms with E-state index in [-0.39, 0.29) is 0 Å². The van der Waals surface area contributed by atoms with Crippen LogP contribution in [0.15, 0.2) is 0 Å². The number of nitrogens with two attached hydrogens (primary N) is 1. The molecule has 2 atom stereocenters. The molecule has 0 heterocycles. The molecule has 0 radical (unpaired) electrons. The number of ether oxygens (including phenoxy) is 1. The van der Waals surface area contributed by atoms with E-state index in [9.17, 15) is 0 Å². The van der Waals surface area contributed by atoms with E-state index in [1.165, 1.54) is 32.1 Å². The third-order valence-electron chi connectivity index (χ3n) is 2.58. The van der Waals surface area contributed by atoms with Gasteiger partial charge in [-0.25, -0.2) is 0 Å². The summed E-state index contributed by atoms with van der Waals surface area (Å²) in [4.78, 5) is 0. The van der Waals surface area contributed by atoms with Gasteiger partial charge in [-0.15, -0.1) is 0 Å². The molecule has 0 aromatic heterocycles. The van der Waals surface area contributed by atoms with Crippen molar-refractivity contribution in [2.75, 3.05) is 6.61 Å². The first-order chi connectivity index (χ1) is 5.84. The Morgan fingerprint density at radius 3 is 2.75 bits per heavy atom. The Balaban J connectivity index is 1.98. The van der Waals surface area contributed by atoms with E-state index in [2.05, 4.69) is 6.92 Å². The molecule has 2 N–H and O–H groups in total. The molecule has 1 aliphatic carbocycles. The highest BCUT2D eigenvalue weighted by atomic mass is 16.5. The van der Waals surface area contributed by atoms with Crippen LogP contribution in [0.3, 0.4) is 0 Å². The van der Waals surface area contributed by atoms with Gasteiger partial charge < -0.3 is 10.5 Å². The Morgan fingerprint density at radius 2 is 2.17 bits per heavy atom. The monoisotopic (exact) mass is 171 g/mol. The lowest BCUT2D eigenvalue weighted by Crippen LogP contribution is -2.31. The van der Waals surface area contributed by atoms with Crippen LogP contribution >= 0.6 is 0 Å². The van der Waals surface area contributed by atoms with Crippen LogP contribution in [0.5, 0.6) is 0 Å². The van der Waals surface area contributed by atoms with Crippen LogP contribution < -0.4 is 5.73 Å². The second-order valence-electron chi connectivity index (χ2n) is 3.71. The molecule has 12 heavy (non-hydrogen) atoms. The summed E-state index contributed by atoms with van der Waals surface area (Å²) >= 11 is 0. The Hall–Kier alpha value is -0.0800. The highest BCUT2D eigenvalue weighted by molar-refractivity contribution is 4.80. The van der Waals surface area contributed by atoms with Gasteiger partial charge in [0.1, 0.15) is 0 Å². The van der Waals surface area contributed by atoms with Crippen molar-refractivity contribution in [2.45, 2.75) is 57.6 Å². The molecule has 0 saturated heterocycles. The number of hydrogen-bond donors (Lipinski definition) is 1. The summed E-state index contributed by atoms with van der Waals surface area (Å²) in [6.07, 6.45) is 7.68.